The number of benzene rings is 1. The largest absolute Gasteiger partial charge is 0.352 e. The van der Waals surface area contributed by atoms with E-state index in [1.54, 1.807) is 0 Å². The van der Waals surface area contributed by atoms with Crippen LogP contribution < -0.4 is 5.32 Å². The van der Waals surface area contributed by atoms with Gasteiger partial charge in [0.15, 0.2) is 5.16 Å². The Bertz CT molecular complexity index is 712. The molecule has 3 rings (SSSR count). The van der Waals surface area contributed by atoms with Crippen LogP contribution in [0.5, 0.6) is 0 Å². The fourth-order valence-corrected chi connectivity index (χ4v) is 4.52. The molecule has 1 saturated carbocycles. The van der Waals surface area contributed by atoms with Gasteiger partial charge in [-0.1, -0.05) is 50.6 Å². The normalized spacial score (nSPS) is 24.2. The van der Waals surface area contributed by atoms with Crippen molar-refractivity contribution in [2.24, 2.45) is 11.8 Å². The SMILES string of the molecule is CCn1c(SCC(=O)NC2CCCC(C)C2C)nc2ccccc21. The van der Waals surface area contributed by atoms with Gasteiger partial charge < -0.3 is 9.88 Å². The number of imidazole rings is 1. The Hall–Kier alpha value is -1.49. The quantitative estimate of drug-likeness (QED) is 0.830. The molecule has 1 aliphatic carbocycles. The Kier molecular flexibility index (Phi) is 5.49. The Morgan fingerprint density at radius 3 is 2.92 bits per heavy atom. The summed E-state index contributed by atoms with van der Waals surface area (Å²) in [6.45, 7) is 7.53. The zero-order valence-electron chi connectivity index (χ0n) is 14.8. The monoisotopic (exact) mass is 345 g/mol. The van der Waals surface area contributed by atoms with Crippen molar-refractivity contribution in [1.82, 2.24) is 14.9 Å². The molecule has 0 saturated heterocycles. The summed E-state index contributed by atoms with van der Waals surface area (Å²) in [5.74, 6) is 1.82. The smallest absolute Gasteiger partial charge is 0.230 e. The van der Waals surface area contributed by atoms with Crippen molar-refractivity contribution in [1.29, 1.82) is 0 Å². The average Bonchev–Trinajstić information content (AvgIpc) is 2.94. The highest BCUT2D eigenvalue weighted by Crippen LogP contribution is 2.30. The van der Waals surface area contributed by atoms with Gasteiger partial charge in [-0.2, -0.15) is 0 Å². The van der Waals surface area contributed by atoms with Crippen molar-refractivity contribution in [3.63, 3.8) is 0 Å². The molecule has 1 aliphatic rings. The van der Waals surface area contributed by atoms with Crippen LogP contribution in [-0.2, 0) is 11.3 Å². The van der Waals surface area contributed by atoms with Crippen molar-refractivity contribution in [2.45, 2.75) is 57.8 Å². The van der Waals surface area contributed by atoms with Crippen LogP contribution in [0.2, 0.25) is 0 Å². The summed E-state index contributed by atoms with van der Waals surface area (Å²) in [6.07, 6.45) is 3.60. The second-order valence-electron chi connectivity index (χ2n) is 6.86. The number of hydrogen-bond donors (Lipinski definition) is 1. The number of para-hydroxylation sites is 2. The summed E-state index contributed by atoms with van der Waals surface area (Å²) in [4.78, 5) is 17.1. The van der Waals surface area contributed by atoms with Gasteiger partial charge in [-0.3, -0.25) is 4.79 Å². The minimum atomic E-state index is 0.126. The van der Waals surface area contributed by atoms with Gasteiger partial charge >= 0.3 is 0 Å². The highest BCUT2D eigenvalue weighted by Gasteiger charge is 2.28. The van der Waals surface area contributed by atoms with E-state index in [0.29, 0.717) is 23.6 Å². The summed E-state index contributed by atoms with van der Waals surface area (Å²) in [6, 6.07) is 8.47. The Morgan fingerprint density at radius 2 is 2.12 bits per heavy atom. The van der Waals surface area contributed by atoms with E-state index in [1.807, 2.05) is 18.2 Å². The van der Waals surface area contributed by atoms with Crippen LogP contribution in [0.1, 0.15) is 40.0 Å². The number of aromatic nitrogens is 2. The van der Waals surface area contributed by atoms with Crippen LogP contribution in [0.15, 0.2) is 29.4 Å². The molecular weight excluding hydrogens is 318 g/mol. The fourth-order valence-electron chi connectivity index (χ4n) is 3.63. The lowest BCUT2D eigenvalue weighted by atomic mass is 9.78. The number of carbonyl (C=O) groups excluding carboxylic acids is 1. The number of nitrogens with one attached hydrogen (secondary N) is 1. The molecule has 1 aromatic carbocycles. The second kappa shape index (κ2) is 7.60. The van der Waals surface area contributed by atoms with Crippen LogP contribution in [-0.4, -0.2) is 27.3 Å². The van der Waals surface area contributed by atoms with E-state index in [4.69, 9.17) is 0 Å². The third kappa shape index (κ3) is 3.61. The highest BCUT2D eigenvalue weighted by atomic mass is 32.2. The number of fused-ring (bicyclic) bond motifs is 1. The topological polar surface area (TPSA) is 46.9 Å². The first kappa shape index (κ1) is 17.3. The Balaban J connectivity index is 1.62. The second-order valence-corrected chi connectivity index (χ2v) is 7.80. The standard InChI is InChI=1S/C19H27N3OS/c1-4-22-17-11-6-5-9-16(17)21-19(22)24-12-18(23)20-15-10-7-8-13(2)14(15)3/h5-6,9,11,13-15H,4,7-8,10,12H2,1-3H3,(H,20,23). The minimum Gasteiger partial charge on any atom is -0.352 e. The lowest BCUT2D eigenvalue weighted by Crippen LogP contribution is -2.44. The highest BCUT2D eigenvalue weighted by molar-refractivity contribution is 7.99. The number of nitrogens with zero attached hydrogens (tertiary/aromatic N) is 2. The summed E-state index contributed by atoms with van der Waals surface area (Å²) >= 11 is 1.54. The van der Waals surface area contributed by atoms with E-state index in [0.717, 1.165) is 29.2 Å². The predicted octanol–water partition coefficient (Wildman–Crippen LogP) is 4.09. The molecule has 0 bridgehead atoms. The Morgan fingerprint density at radius 1 is 1.33 bits per heavy atom. The maximum absolute atomic E-state index is 12.4. The van der Waals surface area contributed by atoms with Crippen LogP contribution in [0.3, 0.4) is 0 Å². The molecule has 0 spiro atoms. The molecule has 24 heavy (non-hydrogen) atoms. The minimum absolute atomic E-state index is 0.126. The molecule has 3 atom stereocenters. The molecule has 0 radical (unpaired) electrons. The number of carbonyl (C=O) groups is 1. The van der Waals surface area contributed by atoms with Crippen LogP contribution in [0.25, 0.3) is 11.0 Å². The van der Waals surface area contributed by atoms with E-state index < -0.39 is 0 Å². The molecule has 1 fully saturated rings. The van der Waals surface area contributed by atoms with Gasteiger partial charge in [-0.15, -0.1) is 0 Å². The van der Waals surface area contributed by atoms with E-state index in [2.05, 4.69) is 41.7 Å². The molecular formula is C19H27N3OS. The lowest BCUT2D eigenvalue weighted by Gasteiger charge is -2.34. The van der Waals surface area contributed by atoms with Gasteiger partial charge in [0.05, 0.1) is 16.8 Å². The Labute approximate surface area is 148 Å². The summed E-state index contributed by atoms with van der Waals surface area (Å²) in [5, 5.41) is 4.17. The molecule has 1 heterocycles. The van der Waals surface area contributed by atoms with Crippen molar-refractivity contribution in [3.8, 4) is 0 Å². The maximum atomic E-state index is 12.4. The van der Waals surface area contributed by atoms with Crippen molar-refractivity contribution < 1.29 is 4.79 Å². The first-order valence-corrected chi connectivity index (χ1v) is 9.96. The number of rotatable bonds is 5. The number of thioether (sulfide) groups is 1. The molecule has 4 nitrogen and oxygen atoms in total. The van der Waals surface area contributed by atoms with E-state index in [-0.39, 0.29) is 5.91 Å². The lowest BCUT2D eigenvalue weighted by molar-refractivity contribution is -0.120. The predicted molar refractivity (Wildman–Crippen MR) is 100 cm³/mol. The number of aryl methyl sites for hydroxylation is 1. The van der Waals surface area contributed by atoms with Crippen LogP contribution in [0.4, 0.5) is 0 Å². The molecule has 3 unspecified atom stereocenters. The molecule has 1 amide bonds. The summed E-state index contributed by atoms with van der Waals surface area (Å²) in [7, 11) is 0. The third-order valence-electron chi connectivity index (χ3n) is 5.32. The first-order chi connectivity index (χ1) is 11.6. The number of hydrogen-bond acceptors (Lipinski definition) is 3. The van der Waals surface area contributed by atoms with Crippen molar-refractivity contribution in [3.05, 3.63) is 24.3 Å². The summed E-state index contributed by atoms with van der Waals surface area (Å²) in [5.41, 5.74) is 2.13. The zero-order valence-corrected chi connectivity index (χ0v) is 15.6. The third-order valence-corrected chi connectivity index (χ3v) is 6.30. The zero-order chi connectivity index (χ0) is 17.1. The van der Waals surface area contributed by atoms with E-state index in [1.165, 1.54) is 24.6 Å². The van der Waals surface area contributed by atoms with Crippen molar-refractivity contribution >= 4 is 28.7 Å². The molecule has 1 N–H and O–H groups in total. The van der Waals surface area contributed by atoms with Gasteiger partial charge in [0.25, 0.3) is 0 Å². The maximum Gasteiger partial charge on any atom is 0.230 e. The van der Waals surface area contributed by atoms with Crippen molar-refractivity contribution in [2.75, 3.05) is 5.75 Å². The average molecular weight is 346 g/mol. The number of amides is 1. The molecule has 5 heteroatoms. The molecule has 1 aromatic heterocycles. The first-order valence-electron chi connectivity index (χ1n) is 8.97. The van der Waals surface area contributed by atoms with E-state index in [9.17, 15) is 4.79 Å². The molecule has 0 aliphatic heterocycles. The van der Waals surface area contributed by atoms with Crippen LogP contribution in [0, 0.1) is 11.8 Å². The molecule has 2 aromatic rings. The van der Waals surface area contributed by atoms with Gasteiger partial charge in [0.2, 0.25) is 5.91 Å². The van der Waals surface area contributed by atoms with Gasteiger partial charge in [0.1, 0.15) is 0 Å². The fraction of sp³-hybridized carbons (Fsp3) is 0.579. The van der Waals surface area contributed by atoms with Crippen LogP contribution >= 0.6 is 11.8 Å². The van der Waals surface area contributed by atoms with Gasteiger partial charge in [-0.05, 0) is 37.3 Å². The van der Waals surface area contributed by atoms with E-state index >= 15 is 0 Å². The molecule has 130 valence electrons. The van der Waals surface area contributed by atoms with Gasteiger partial charge in [0, 0.05) is 12.6 Å². The van der Waals surface area contributed by atoms with Gasteiger partial charge in [-0.25, -0.2) is 4.98 Å². The summed E-state index contributed by atoms with van der Waals surface area (Å²) < 4.78 is 2.18.